The lowest BCUT2D eigenvalue weighted by Gasteiger charge is -2.34. The zero-order valence-electron chi connectivity index (χ0n) is 10.1. The van der Waals surface area contributed by atoms with Gasteiger partial charge in [0.05, 0.1) is 25.4 Å². The lowest BCUT2D eigenvalue weighted by atomic mass is 10.1. The standard InChI is InChI=1S/C11H22N2O3/c1-3-4-10(12)11(14)13-5-6-16-9(7-13)8-15-2/h9-10H,3-8,12H2,1-2H3. The number of methoxy groups -OCH3 is 1. The highest BCUT2D eigenvalue weighted by molar-refractivity contribution is 5.81. The topological polar surface area (TPSA) is 64.8 Å². The van der Waals surface area contributed by atoms with Gasteiger partial charge in [0.25, 0.3) is 0 Å². The summed E-state index contributed by atoms with van der Waals surface area (Å²) in [5.41, 5.74) is 5.81. The van der Waals surface area contributed by atoms with Crippen LogP contribution in [-0.4, -0.2) is 56.4 Å². The molecule has 0 aromatic heterocycles. The molecule has 1 rings (SSSR count). The number of amides is 1. The van der Waals surface area contributed by atoms with E-state index in [0.717, 1.165) is 12.8 Å². The van der Waals surface area contributed by atoms with E-state index in [-0.39, 0.29) is 18.1 Å². The van der Waals surface area contributed by atoms with E-state index in [0.29, 0.717) is 26.3 Å². The molecule has 0 saturated carbocycles. The minimum atomic E-state index is -0.369. The second-order valence-electron chi connectivity index (χ2n) is 4.13. The molecule has 5 nitrogen and oxygen atoms in total. The van der Waals surface area contributed by atoms with Crippen LogP contribution in [0.15, 0.2) is 0 Å². The first-order valence-corrected chi connectivity index (χ1v) is 5.84. The largest absolute Gasteiger partial charge is 0.382 e. The van der Waals surface area contributed by atoms with E-state index in [1.807, 2.05) is 6.92 Å². The van der Waals surface area contributed by atoms with Crippen LogP contribution in [0.1, 0.15) is 19.8 Å². The molecule has 94 valence electrons. The van der Waals surface area contributed by atoms with Gasteiger partial charge in [-0.1, -0.05) is 13.3 Å². The van der Waals surface area contributed by atoms with Crippen LogP contribution in [0.3, 0.4) is 0 Å². The molecule has 0 radical (unpaired) electrons. The predicted molar refractivity (Wildman–Crippen MR) is 61.1 cm³/mol. The predicted octanol–water partition coefficient (Wildman–Crippen LogP) is -0.0124. The molecule has 0 aromatic carbocycles. The average Bonchev–Trinajstić information content (AvgIpc) is 2.29. The van der Waals surface area contributed by atoms with Crippen molar-refractivity contribution in [2.24, 2.45) is 5.73 Å². The quantitative estimate of drug-likeness (QED) is 0.721. The number of rotatable bonds is 5. The Kier molecular flexibility index (Phi) is 5.73. The molecule has 2 N–H and O–H groups in total. The van der Waals surface area contributed by atoms with E-state index in [9.17, 15) is 4.79 Å². The second-order valence-corrected chi connectivity index (χ2v) is 4.13. The highest BCUT2D eigenvalue weighted by Crippen LogP contribution is 2.08. The van der Waals surface area contributed by atoms with Crippen molar-refractivity contribution in [2.75, 3.05) is 33.4 Å². The third-order valence-corrected chi connectivity index (χ3v) is 2.72. The molecule has 0 bridgehead atoms. The fourth-order valence-electron chi connectivity index (χ4n) is 1.88. The monoisotopic (exact) mass is 230 g/mol. The molecular weight excluding hydrogens is 208 g/mol. The zero-order chi connectivity index (χ0) is 12.0. The van der Waals surface area contributed by atoms with Crippen LogP contribution in [0.2, 0.25) is 0 Å². The molecule has 1 aliphatic rings. The van der Waals surface area contributed by atoms with Crippen molar-refractivity contribution in [3.63, 3.8) is 0 Å². The van der Waals surface area contributed by atoms with Crippen LogP contribution in [0.25, 0.3) is 0 Å². The van der Waals surface area contributed by atoms with E-state index in [1.54, 1.807) is 12.0 Å². The lowest BCUT2D eigenvalue weighted by molar-refractivity contribution is -0.142. The van der Waals surface area contributed by atoms with Gasteiger partial charge in [-0.25, -0.2) is 0 Å². The maximum absolute atomic E-state index is 11.9. The van der Waals surface area contributed by atoms with Crippen LogP contribution in [0.5, 0.6) is 0 Å². The summed E-state index contributed by atoms with van der Waals surface area (Å²) >= 11 is 0. The number of morpholine rings is 1. The van der Waals surface area contributed by atoms with E-state index in [1.165, 1.54) is 0 Å². The van der Waals surface area contributed by atoms with Crippen LogP contribution in [-0.2, 0) is 14.3 Å². The highest BCUT2D eigenvalue weighted by atomic mass is 16.5. The Balaban J connectivity index is 2.43. The maximum Gasteiger partial charge on any atom is 0.239 e. The number of carbonyl (C=O) groups excluding carboxylic acids is 1. The molecule has 1 fully saturated rings. The number of hydrogen-bond donors (Lipinski definition) is 1. The van der Waals surface area contributed by atoms with Crippen molar-refractivity contribution < 1.29 is 14.3 Å². The lowest BCUT2D eigenvalue weighted by Crippen LogP contribution is -2.52. The SMILES string of the molecule is CCCC(N)C(=O)N1CCOC(COC)C1. The van der Waals surface area contributed by atoms with Gasteiger partial charge < -0.3 is 20.1 Å². The van der Waals surface area contributed by atoms with Crippen molar-refractivity contribution in [1.82, 2.24) is 4.90 Å². The molecule has 2 unspecified atom stereocenters. The summed E-state index contributed by atoms with van der Waals surface area (Å²) in [5.74, 6) is 0.0336. The van der Waals surface area contributed by atoms with E-state index in [4.69, 9.17) is 15.2 Å². The van der Waals surface area contributed by atoms with Gasteiger partial charge >= 0.3 is 0 Å². The van der Waals surface area contributed by atoms with Gasteiger partial charge in [0.1, 0.15) is 0 Å². The summed E-state index contributed by atoms with van der Waals surface area (Å²) in [4.78, 5) is 13.7. The van der Waals surface area contributed by atoms with Crippen molar-refractivity contribution in [2.45, 2.75) is 31.9 Å². The normalized spacial score (nSPS) is 23.2. The number of hydrogen-bond acceptors (Lipinski definition) is 4. The summed E-state index contributed by atoms with van der Waals surface area (Å²) < 4.78 is 10.5. The zero-order valence-corrected chi connectivity index (χ0v) is 10.1. The molecule has 1 aliphatic heterocycles. The van der Waals surface area contributed by atoms with Crippen LogP contribution in [0, 0.1) is 0 Å². The van der Waals surface area contributed by atoms with E-state index >= 15 is 0 Å². The average molecular weight is 230 g/mol. The third kappa shape index (κ3) is 3.73. The summed E-state index contributed by atoms with van der Waals surface area (Å²) in [7, 11) is 1.63. The molecule has 0 aliphatic carbocycles. The summed E-state index contributed by atoms with van der Waals surface area (Å²) in [6, 6.07) is -0.369. The van der Waals surface area contributed by atoms with Gasteiger partial charge in [0.2, 0.25) is 5.91 Å². The Morgan fingerprint density at radius 3 is 3.06 bits per heavy atom. The molecular formula is C11H22N2O3. The second kappa shape index (κ2) is 6.83. The smallest absolute Gasteiger partial charge is 0.239 e. The molecule has 2 atom stereocenters. The minimum Gasteiger partial charge on any atom is -0.382 e. The van der Waals surface area contributed by atoms with Crippen LogP contribution < -0.4 is 5.73 Å². The molecule has 0 aromatic rings. The molecule has 0 spiro atoms. The van der Waals surface area contributed by atoms with Gasteiger partial charge in [-0.3, -0.25) is 4.79 Å². The van der Waals surface area contributed by atoms with Gasteiger partial charge in [-0.05, 0) is 6.42 Å². The first-order valence-electron chi connectivity index (χ1n) is 5.84. The van der Waals surface area contributed by atoms with Gasteiger partial charge in [0.15, 0.2) is 0 Å². The third-order valence-electron chi connectivity index (χ3n) is 2.72. The fraction of sp³-hybridized carbons (Fsp3) is 0.909. The van der Waals surface area contributed by atoms with Crippen molar-refractivity contribution in [3.8, 4) is 0 Å². The summed E-state index contributed by atoms with van der Waals surface area (Å²) in [5, 5.41) is 0. The Labute approximate surface area is 96.9 Å². The van der Waals surface area contributed by atoms with Crippen molar-refractivity contribution in [1.29, 1.82) is 0 Å². The van der Waals surface area contributed by atoms with Gasteiger partial charge in [-0.2, -0.15) is 0 Å². The number of nitrogens with zero attached hydrogens (tertiary/aromatic N) is 1. The Bertz CT molecular complexity index is 221. The van der Waals surface area contributed by atoms with E-state index in [2.05, 4.69) is 0 Å². The maximum atomic E-state index is 11.9. The Hall–Kier alpha value is -0.650. The van der Waals surface area contributed by atoms with Crippen molar-refractivity contribution in [3.05, 3.63) is 0 Å². The van der Waals surface area contributed by atoms with Gasteiger partial charge in [-0.15, -0.1) is 0 Å². The molecule has 1 saturated heterocycles. The molecule has 1 amide bonds. The Morgan fingerprint density at radius 1 is 1.69 bits per heavy atom. The molecule has 16 heavy (non-hydrogen) atoms. The van der Waals surface area contributed by atoms with E-state index < -0.39 is 0 Å². The number of carbonyl (C=O) groups is 1. The molecule has 5 heteroatoms. The highest BCUT2D eigenvalue weighted by Gasteiger charge is 2.26. The summed E-state index contributed by atoms with van der Waals surface area (Å²) in [6.45, 7) is 4.34. The van der Waals surface area contributed by atoms with Gasteiger partial charge in [0, 0.05) is 20.2 Å². The first-order chi connectivity index (χ1) is 7.69. The Morgan fingerprint density at radius 2 is 2.44 bits per heavy atom. The van der Waals surface area contributed by atoms with Crippen LogP contribution >= 0.6 is 0 Å². The fourth-order valence-corrected chi connectivity index (χ4v) is 1.88. The van der Waals surface area contributed by atoms with Crippen LogP contribution in [0.4, 0.5) is 0 Å². The number of ether oxygens (including phenoxy) is 2. The minimum absolute atomic E-state index is 0.0171. The first kappa shape index (κ1) is 13.4. The molecule has 1 heterocycles. The summed E-state index contributed by atoms with van der Waals surface area (Å²) in [6.07, 6.45) is 1.65. The van der Waals surface area contributed by atoms with Crippen molar-refractivity contribution >= 4 is 5.91 Å². The number of nitrogens with two attached hydrogens (primary N) is 1.